The van der Waals surface area contributed by atoms with Crippen molar-refractivity contribution in [1.82, 2.24) is 4.90 Å². The fourth-order valence-corrected chi connectivity index (χ4v) is 3.49. The molecule has 0 N–H and O–H groups in total. The molecule has 1 heterocycles. The zero-order valence-corrected chi connectivity index (χ0v) is 14.5. The van der Waals surface area contributed by atoms with Crippen LogP contribution >= 0.6 is 0 Å². The zero-order valence-electron chi connectivity index (χ0n) is 14.5. The second kappa shape index (κ2) is 7.65. The molecule has 2 aromatic rings. The van der Waals surface area contributed by atoms with Crippen molar-refractivity contribution in [3.63, 3.8) is 0 Å². The Balaban J connectivity index is 1.77. The van der Waals surface area contributed by atoms with Crippen LogP contribution in [0.25, 0.3) is 0 Å². The number of unbranched alkanes of at least 4 members (excludes halogenated alkanes) is 2. The van der Waals surface area contributed by atoms with Gasteiger partial charge in [-0.15, -0.1) is 0 Å². The summed E-state index contributed by atoms with van der Waals surface area (Å²) < 4.78 is 0. The van der Waals surface area contributed by atoms with Crippen LogP contribution in [0.3, 0.4) is 0 Å². The summed E-state index contributed by atoms with van der Waals surface area (Å²) >= 11 is 0. The van der Waals surface area contributed by atoms with Crippen LogP contribution in [-0.4, -0.2) is 32.1 Å². The Bertz CT molecular complexity index is 586. The maximum atomic E-state index is 2.55. The number of hydrogen-bond acceptors (Lipinski definition) is 2. The number of anilines is 2. The van der Waals surface area contributed by atoms with E-state index in [0.717, 1.165) is 19.4 Å². The van der Waals surface area contributed by atoms with Gasteiger partial charge in [-0.25, -0.2) is 0 Å². The molecule has 2 heteroatoms. The topological polar surface area (TPSA) is 6.48 Å². The number of aryl methyl sites for hydroxylation is 2. The minimum absolute atomic E-state index is 1.11. The molecule has 0 saturated carbocycles. The molecular formula is C21H28N2. The van der Waals surface area contributed by atoms with E-state index < -0.39 is 0 Å². The van der Waals surface area contributed by atoms with E-state index in [4.69, 9.17) is 0 Å². The van der Waals surface area contributed by atoms with Crippen LogP contribution in [0.4, 0.5) is 11.4 Å². The first-order valence-electron chi connectivity index (χ1n) is 8.84. The van der Waals surface area contributed by atoms with Crippen molar-refractivity contribution in [3.8, 4) is 0 Å². The van der Waals surface area contributed by atoms with E-state index in [1.807, 2.05) is 0 Å². The second-order valence-electron chi connectivity index (χ2n) is 6.77. The second-order valence-corrected chi connectivity index (χ2v) is 6.77. The van der Waals surface area contributed by atoms with E-state index in [1.165, 1.54) is 48.3 Å². The minimum atomic E-state index is 1.11. The van der Waals surface area contributed by atoms with Gasteiger partial charge in [0.25, 0.3) is 0 Å². The summed E-state index contributed by atoms with van der Waals surface area (Å²) in [5, 5.41) is 0. The van der Waals surface area contributed by atoms with E-state index in [-0.39, 0.29) is 0 Å². The third-order valence-electron chi connectivity index (χ3n) is 4.72. The van der Waals surface area contributed by atoms with E-state index in [1.54, 1.807) is 0 Å². The Morgan fingerprint density at radius 1 is 0.783 bits per heavy atom. The predicted octanol–water partition coefficient (Wildman–Crippen LogP) is 4.66. The number of fused-ring (bicyclic) bond motifs is 2. The first-order valence-corrected chi connectivity index (χ1v) is 8.84. The normalized spacial score (nSPS) is 13.6. The maximum absolute atomic E-state index is 2.55. The van der Waals surface area contributed by atoms with Crippen LogP contribution in [0.5, 0.6) is 0 Å². The number of para-hydroxylation sites is 2. The number of hydrogen-bond donors (Lipinski definition) is 0. The first kappa shape index (κ1) is 16.1. The summed E-state index contributed by atoms with van der Waals surface area (Å²) in [6.07, 6.45) is 6.11. The molecule has 0 spiro atoms. The van der Waals surface area contributed by atoms with Crippen molar-refractivity contribution >= 4 is 11.4 Å². The molecule has 2 nitrogen and oxygen atoms in total. The number of rotatable bonds is 6. The van der Waals surface area contributed by atoms with Crippen molar-refractivity contribution in [2.75, 3.05) is 32.1 Å². The van der Waals surface area contributed by atoms with Crippen LogP contribution < -0.4 is 4.90 Å². The molecule has 0 saturated heterocycles. The highest BCUT2D eigenvalue weighted by Crippen LogP contribution is 2.35. The number of benzene rings is 2. The van der Waals surface area contributed by atoms with Gasteiger partial charge in [0, 0.05) is 17.9 Å². The van der Waals surface area contributed by atoms with E-state index >= 15 is 0 Å². The highest BCUT2D eigenvalue weighted by molar-refractivity contribution is 5.71. The lowest BCUT2D eigenvalue weighted by molar-refractivity contribution is 0.392. The van der Waals surface area contributed by atoms with Crippen LogP contribution in [0.1, 0.15) is 30.4 Å². The van der Waals surface area contributed by atoms with Gasteiger partial charge in [0.2, 0.25) is 0 Å². The maximum Gasteiger partial charge on any atom is 0.0443 e. The van der Waals surface area contributed by atoms with Gasteiger partial charge in [-0.1, -0.05) is 42.8 Å². The Morgan fingerprint density at radius 3 is 1.91 bits per heavy atom. The molecule has 0 fully saturated rings. The fraction of sp³-hybridized carbons (Fsp3) is 0.429. The molecule has 3 rings (SSSR count). The Labute approximate surface area is 140 Å². The molecule has 0 atom stereocenters. The molecule has 0 amide bonds. The van der Waals surface area contributed by atoms with Gasteiger partial charge in [-0.2, -0.15) is 0 Å². The standard InChI is InChI=1S/C21H28N2/c1-22(2)16-8-3-9-17-23-20-12-6-4-10-18(20)14-15-19-11-5-7-13-21(19)23/h4-7,10-13H,3,8-9,14-17H2,1-2H3. The van der Waals surface area contributed by atoms with Crippen LogP contribution in [0, 0.1) is 0 Å². The molecule has 0 unspecified atom stereocenters. The minimum Gasteiger partial charge on any atom is -0.341 e. The van der Waals surface area contributed by atoms with Crippen molar-refractivity contribution in [2.24, 2.45) is 0 Å². The third-order valence-corrected chi connectivity index (χ3v) is 4.72. The van der Waals surface area contributed by atoms with Gasteiger partial charge in [-0.3, -0.25) is 0 Å². The quantitative estimate of drug-likeness (QED) is 0.716. The lowest BCUT2D eigenvalue weighted by atomic mass is 10.0. The lowest BCUT2D eigenvalue weighted by Gasteiger charge is -2.27. The van der Waals surface area contributed by atoms with Gasteiger partial charge in [0.1, 0.15) is 0 Å². The van der Waals surface area contributed by atoms with Crippen molar-refractivity contribution < 1.29 is 0 Å². The molecule has 1 aliphatic heterocycles. The smallest absolute Gasteiger partial charge is 0.0443 e. The largest absolute Gasteiger partial charge is 0.341 e. The molecular weight excluding hydrogens is 280 g/mol. The van der Waals surface area contributed by atoms with Crippen LogP contribution in [0.2, 0.25) is 0 Å². The summed E-state index contributed by atoms with van der Waals surface area (Å²) in [5.74, 6) is 0. The fourth-order valence-electron chi connectivity index (χ4n) is 3.49. The molecule has 0 aromatic heterocycles. The van der Waals surface area contributed by atoms with Crippen molar-refractivity contribution in [3.05, 3.63) is 59.7 Å². The summed E-state index contributed by atoms with van der Waals surface area (Å²) in [4.78, 5) is 4.82. The van der Waals surface area contributed by atoms with Gasteiger partial charge in [0.05, 0.1) is 0 Å². The summed E-state index contributed by atoms with van der Waals surface area (Å²) in [5.41, 5.74) is 5.78. The molecule has 2 aromatic carbocycles. The first-order chi connectivity index (χ1) is 11.3. The van der Waals surface area contributed by atoms with Gasteiger partial charge in [-0.05, 0) is 69.6 Å². The van der Waals surface area contributed by atoms with E-state index in [9.17, 15) is 0 Å². The molecule has 0 aliphatic carbocycles. The van der Waals surface area contributed by atoms with Gasteiger partial charge >= 0.3 is 0 Å². The summed E-state index contributed by atoms with van der Waals surface area (Å²) in [7, 11) is 4.31. The van der Waals surface area contributed by atoms with Crippen molar-refractivity contribution in [2.45, 2.75) is 32.1 Å². The van der Waals surface area contributed by atoms with Gasteiger partial charge in [0.15, 0.2) is 0 Å². The monoisotopic (exact) mass is 308 g/mol. The van der Waals surface area contributed by atoms with Crippen LogP contribution in [-0.2, 0) is 12.8 Å². The average molecular weight is 308 g/mol. The highest BCUT2D eigenvalue weighted by Gasteiger charge is 2.19. The zero-order chi connectivity index (χ0) is 16.1. The molecule has 122 valence electrons. The number of nitrogens with zero attached hydrogens (tertiary/aromatic N) is 2. The lowest BCUT2D eigenvalue weighted by Crippen LogP contribution is -2.20. The molecule has 1 aliphatic rings. The van der Waals surface area contributed by atoms with E-state index in [2.05, 4.69) is 72.4 Å². The highest BCUT2D eigenvalue weighted by atomic mass is 15.1. The SMILES string of the molecule is CN(C)CCCCCN1c2ccccc2CCc2ccccc21. The Hall–Kier alpha value is -1.80. The van der Waals surface area contributed by atoms with Crippen LogP contribution in [0.15, 0.2) is 48.5 Å². The van der Waals surface area contributed by atoms with E-state index in [0.29, 0.717) is 0 Å². The van der Waals surface area contributed by atoms with Gasteiger partial charge < -0.3 is 9.80 Å². The summed E-state index contributed by atoms with van der Waals surface area (Å²) in [6.45, 7) is 2.30. The average Bonchev–Trinajstić information content (AvgIpc) is 2.72. The van der Waals surface area contributed by atoms with Crippen molar-refractivity contribution in [1.29, 1.82) is 0 Å². The Morgan fingerprint density at radius 2 is 1.35 bits per heavy atom. The predicted molar refractivity (Wildman–Crippen MR) is 99.7 cm³/mol. The molecule has 0 bridgehead atoms. The Kier molecular flexibility index (Phi) is 5.35. The molecule has 23 heavy (non-hydrogen) atoms. The summed E-state index contributed by atoms with van der Waals surface area (Å²) in [6, 6.07) is 17.8. The molecule has 0 radical (unpaired) electrons. The third kappa shape index (κ3) is 3.94.